The number of unbranched alkanes of at least 4 members (excludes halogenated alkanes) is 54. The number of carbonyl (C=O) groups excluding carboxylic acids is 4. The van der Waals surface area contributed by atoms with E-state index in [1.165, 1.54) is 263 Å². The smallest absolute Gasteiger partial charge is 0.462 e. The van der Waals surface area contributed by atoms with Gasteiger partial charge in [0.1, 0.15) is 19.3 Å². The van der Waals surface area contributed by atoms with E-state index >= 15 is 0 Å². The second kappa shape index (κ2) is 75.9. The Labute approximate surface area is 626 Å². The van der Waals surface area contributed by atoms with Crippen LogP contribution in [0.1, 0.15) is 446 Å². The molecule has 17 nitrogen and oxygen atoms in total. The highest BCUT2D eigenvalue weighted by Crippen LogP contribution is 2.45. The van der Waals surface area contributed by atoms with Crippen LogP contribution >= 0.6 is 15.6 Å². The van der Waals surface area contributed by atoms with E-state index in [2.05, 4.69) is 34.6 Å². The zero-order valence-electron chi connectivity index (χ0n) is 66.8. The van der Waals surface area contributed by atoms with E-state index in [-0.39, 0.29) is 25.7 Å². The van der Waals surface area contributed by atoms with Crippen LogP contribution in [0.2, 0.25) is 0 Å². The maximum absolute atomic E-state index is 13.1. The number of phosphoric ester groups is 2. The van der Waals surface area contributed by atoms with Crippen LogP contribution < -0.4 is 0 Å². The second-order valence-electron chi connectivity index (χ2n) is 30.1. The summed E-state index contributed by atoms with van der Waals surface area (Å²) in [5.74, 6) is -1.37. The first-order valence-corrected chi connectivity index (χ1v) is 46.2. The fourth-order valence-electron chi connectivity index (χ4n) is 12.9. The third-order valence-electron chi connectivity index (χ3n) is 19.9. The molecule has 0 aromatic rings. The zero-order valence-corrected chi connectivity index (χ0v) is 68.5. The van der Waals surface area contributed by atoms with Crippen LogP contribution in [-0.2, 0) is 65.4 Å². The minimum atomic E-state index is -4.96. The molecule has 0 bridgehead atoms. The van der Waals surface area contributed by atoms with Crippen molar-refractivity contribution in [2.24, 2.45) is 5.92 Å². The van der Waals surface area contributed by atoms with Gasteiger partial charge in [-0.25, -0.2) is 9.13 Å². The van der Waals surface area contributed by atoms with E-state index in [9.17, 15) is 43.2 Å². The monoisotopic (exact) mass is 1490 g/mol. The molecule has 0 aromatic carbocycles. The normalized spacial score (nSPS) is 14.1. The van der Waals surface area contributed by atoms with E-state index in [1.54, 1.807) is 0 Å². The van der Waals surface area contributed by atoms with E-state index in [0.29, 0.717) is 25.7 Å². The summed E-state index contributed by atoms with van der Waals surface area (Å²) in [6.45, 7) is 7.31. The summed E-state index contributed by atoms with van der Waals surface area (Å²) in [5, 5.41) is 10.7. The number of hydrogen-bond acceptors (Lipinski definition) is 15. The molecule has 0 radical (unpaired) electrons. The van der Waals surface area contributed by atoms with E-state index in [1.807, 2.05) is 0 Å². The van der Waals surface area contributed by atoms with E-state index < -0.39 is 97.5 Å². The third-order valence-corrected chi connectivity index (χ3v) is 21.8. The maximum Gasteiger partial charge on any atom is 0.472 e. The number of carbonyl (C=O) groups is 4. The zero-order chi connectivity index (χ0) is 74.8. The molecule has 102 heavy (non-hydrogen) atoms. The summed E-state index contributed by atoms with van der Waals surface area (Å²) in [6.07, 6.45) is 68.0. The molecule has 0 rings (SSSR count). The molecule has 0 saturated heterocycles. The molecule has 6 atom stereocenters. The van der Waals surface area contributed by atoms with Gasteiger partial charge >= 0.3 is 39.5 Å². The van der Waals surface area contributed by atoms with Crippen molar-refractivity contribution in [1.29, 1.82) is 0 Å². The Morgan fingerprint density at radius 3 is 0.696 bits per heavy atom. The molecule has 0 fully saturated rings. The van der Waals surface area contributed by atoms with Gasteiger partial charge in [0.15, 0.2) is 12.2 Å². The highest BCUT2D eigenvalue weighted by molar-refractivity contribution is 7.47. The van der Waals surface area contributed by atoms with Gasteiger partial charge in [-0.1, -0.05) is 394 Å². The fourth-order valence-corrected chi connectivity index (χ4v) is 14.5. The number of rotatable bonds is 83. The van der Waals surface area contributed by atoms with Gasteiger partial charge in [0.2, 0.25) is 0 Å². The van der Waals surface area contributed by atoms with E-state index in [4.69, 9.17) is 37.0 Å². The lowest BCUT2D eigenvalue weighted by Gasteiger charge is -2.21. The molecule has 3 N–H and O–H groups in total. The third kappa shape index (κ3) is 74.9. The number of phosphoric acid groups is 2. The fraction of sp³-hybridized carbons (Fsp3) is 0.952. The van der Waals surface area contributed by atoms with Crippen molar-refractivity contribution in [3.63, 3.8) is 0 Å². The highest BCUT2D eigenvalue weighted by Gasteiger charge is 2.30. The molecule has 0 spiro atoms. The van der Waals surface area contributed by atoms with Crippen LogP contribution in [0.4, 0.5) is 0 Å². The van der Waals surface area contributed by atoms with Crippen molar-refractivity contribution < 1.29 is 80.2 Å². The van der Waals surface area contributed by atoms with Gasteiger partial charge in [-0.3, -0.25) is 37.3 Å². The first kappa shape index (κ1) is 100. The second-order valence-corrected chi connectivity index (χ2v) is 33.0. The Bertz CT molecular complexity index is 1950. The van der Waals surface area contributed by atoms with Gasteiger partial charge in [0.05, 0.1) is 26.4 Å². The lowest BCUT2D eigenvalue weighted by Crippen LogP contribution is -2.30. The number of ether oxygens (including phenoxy) is 4. The van der Waals surface area contributed by atoms with Crippen LogP contribution in [0.3, 0.4) is 0 Å². The summed E-state index contributed by atoms with van der Waals surface area (Å²) in [4.78, 5) is 73.1. The average molecular weight is 1490 g/mol. The lowest BCUT2D eigenvalue weighted by atomic mass is 10.00. The molecule has 0 aliphatic rings. The summed E-state index contributed by atoms with van der Waals surface area (Å²) >= 11 is 0. The molecule has 0 aliphatic carbocycles. The summed E-state index contributed by atoms with van der Waals surface area (Å²) < 4.78 is 68.8. The Balaban J connectivity index is 5.23. The lowest BCUT2D eigenvalue weighted by molar-refractivity contribution is -0.161. The molecule has 0 aromatic heterocycles. The van der Waals surface area contributed by atoms with Gasteiger partial charge in [-0.15, -0.1) is 0 Å². The van der Waals surface area contributed by atoms with Crippen LogP contribution in [0.25, 0.3) is 0 Å². The number of hydrogen-bond donors (Lipinski definition) is 3. The molecule has 0 amide bonds. The van der Waals surface area contributed by atoms with Crippen LogP contribution in [0.15, 0.2) is 0 Å². The van der Waals surface area contributed by atoms with Gasteiger partial charge in [-0.05, 0) is 31.6 Å². The summed E-state index contributed by atoms with van der Waals surface area (Å²) in [6, 6.07) is 0. The average Bonchev–Trinajstić information content (AvgIpc) is 0.911. The molecule has 0 saturated carbocycles. The quantitative estimate of drug-likeness (QED) is 0.0222. The minimum Gasteiger partial charge on any atom is -0.462 e. The van der Waals surface area contributed by atoms with E-state index in [0.717, 1.165) is 102 Å². The summed E-state index contributed by atoms with van der Waals surface area (Å²) in [5.41, 5.74) is 0. The van der Waals surface area contributed by atoms with Crippen LogP contribution in [0, 0.1) is 5.92 Å². The Morgan fingerprint density at radius 2 is 0.471 bits per heavy atom. The molecule has 19 heteroatoms. The topological polar surface area (TPSA) is 237 Å². The Kier molecular flexibility index (Phi) is 74.4. The van der Waals surface area contributed by atoms with Crippen molar-refractivity contribution >= 4 is 39.5 Å². The Hall–Kier alpha value is -1.94. The van der Waals surface area contributed by atoms with Crippen molar-refractivity contribution in [2.75, 3.05) is 39.6 Å². The van der Waals surface area contributed by atoms with Crippen molar-refractivity contribution in [1.82, 2.24) is 0 Å². The van der Waals surface area contributed by atoms with Gasteiger partial charge < -0.3 is 33.8 Å². The van der Waals surface area contributed by atoms with Crippen molar-refractivity contribution in [3.05, 3.63) is 0 Å². The first-order valence-electron chi connectivity index (χ1n) is 43.2. The van der Waals surface area contributed by atoms with Gasteiger partial charge in [-0.2, -0.15) is 0 Å². The number of aliphatic hydroxyl groups is 1. The van der Waals surface area contributed by atoms with Gasteiger partial charge in [0, 0.05) is 25.7 Å². The minimum absolute atomic E-state index is 0.108. The molecule has 3 unspecified atom stereocenters. The molecule has 0 aliphatic heterocycles. The maximum atomic E-state index is 13.1. The standard InChI is InChI=1S/C83H162O17P2/c1-6-10-13-16-19-22-25-28-31-34-35-36-37-40-43-46-49-52-59-64-68-82(87)99-78(72-93-80(85)66-61-56-50-47-44-41-38-32-29-26-23-20-17-14-11-7-2)74-97-101(89,90)95-70-77(84)71-96-102(91,92)98-75-79(73-94-81(86)67-62-57-54-53-55-60-65-76(5)9-4)100-83(88)69-63-58-51-48-45-42-39-33-30-27-24-21-18-15-12-8-3/h76-79,84H,6-75H2,1-5H3,(H,89,90)(H,91,92)/t76?,77-,78-,79-/m1/s1. The van der Waals surface area contributed by atoms with Crippen LogP contribution in [-0.4, -0.2) is 96.7 Å². The predicted octanol–water partition coefficient (Wildman–Crippen LogP) is 25.2. The first-order chi connectivity index (χ1) is 49.6. The molecule has 0 heterocycles. The number of esters is 4. The molecule has 606 valence electrons. The largest absolute Gasteiger partial charge is 0.472 e. The van der Waals surface area contributed by atoms with Crippen molar-refractivity contribution in [2.45, 2.75) is 464 Å². The Morgan fingerprint density at radius 1 is 0.275 bits per heavy atom. The SMILES string of the molecule is CCCCCCCCCCCCCCCCCCCCCCC(=O)O[C@H](COC(=O)CCCCCCCCCCCCCCCCCC)COP(=O)(O)OC[C@@H](O)COP(=O)(O)OC[C@@H](COC(=O)CCCCCCCCC(C)CC)OC(=O)CCCCCCCCCCCCCCCCCC. The molecular formula is C83H162O17P2. The van der Waals surface area contributed by atoms with Crippen LogP contribution in [0.5, 0.6) is 0 Å². The van der Waals surface area contributed by atoms with Gasteiger partial charge in [0.25, 0.3) is 0 Å². The predicted molar refractivity (Wildman–Crippen MR) is 418 cm³/mol. The number of aliphatic hydroxyl groups excluding tert-OH is 1. The molecular weight excluding hydrogens is 1330 g/mol. The highest BCUT2D eigenvalue weighted by atomic mass is 31.2. The summed E-state index contributed by atoms with van der Waals surface area (Å²) in [7, 11) is -9.92. The van der Waals surface area contributed by atoms with Crippen molar-refractivity contribution in [3.8, 4) is 0 Å².